The number of hydrogen-bond acceptors (Lipinski definition) is 4. The summed E-state index contributed by atoms with van der Waals surface area (Å²) in [5, 5.41) is 0.749. The van der Waals surface area contributed by atoms with Crippen molar-refractivity contribution in [2.45, 2.75) is 13.5 Å². The molecule has 0 aliphatic rings. The molecule has 0 bridgehead atoms. The Morgan fingerprint density at radius 3 is 2.46 bits per heavy atom. The second kappa shape index (κ2) is 6.52. The lowest BCUT2D eigenvalue weighted by atomic mass is 10.2. The summed E-state index contributed by atoms with van der Waals surface area (Å²) in [6.45, 7) is 2.89. The van der Waals surface area contributed by atoms with Crippen molar-refractivity contribution in [2.75, 3.05) is 6.54 Å². The molecule has 0 saturated carbocycles. The van der Waals surface area contributed by atoms with E-state index in [1.54, 1.807) is 29.2 Å². The first-order chi connectivity index (χ1) is 12.7. The van der Waals surface area contributed by atoms with Crippen LogP contribution in [0.15, 0.2) is 74.3 Å². The summed E-state index contributed by atoms with van der Waals surface area (Å²) < 4.78 is 11.2. The molecule has 4 aromatic rings. The van der Waals surface area contributed by atoms with E-state index < -0.39 is 0 Å². The van der Waals surface area contributed by atoms with E-state index in [0.717, 1.165) is 5.56 Å². The van der Waals surface area contributed by atoms with Crippen molar-refractivity contribution in [3.63, 3.8) is 0 Å². The van der Waals surface area contributed by atoms with Gasteiger partial charge in [0.1, 0.15) is 11.0 Å². The minimum Gasteiger partial charge on any atom is -0.425 e. The fraction of sp³-hybridized carbons (Fsp3) is 0.143. The highest BCUT2D eigenvalue weighted by Crippen LogP contribution is 2.23. The maximum Gasteiger partial charge on any atom is 0.302 e. The third-order valence-corrected chi connectivity index (χ3v) is 4.37. The van der Waals surface area contributed by atoms with Gasteiger partial charge < -0.3 is 13.7 Å². The fourth-order valence-corrected chi connectivity index (χ4v) is 2.99. The first kappa shape index (κ1) is 16.1. The molecule has 0 aliphatic carbocycles. The predicted octanol–water partition coefficient (Wildman–Crippen LogP) is 4.20. The third kappa shape index (κ3) is 2.77. The lowest BCUT2D eigenvalue weighted by molar-refractivity contribution is 0.0721. The molecule has 2 aromatic carbocycles. The molecule has 0 spiro atoms. The summed E-state index contributed by atoms with van der Waals surface area (Å²) in [4.78, 5) is 27.1. The summed E-state index contributed by atoms with van der Waals surface area (Å²) in [7, 11) is 0. The number of fused-ring (bicyclic) bond motifs is 2. The van der Waals surface area contributed by atoms with E-state index in [-0.39, 0.29) is 28.3 Å². The number of furan rings is 1. The summed E-state index contributed by atoms with van der Waals surface area (Å²) in [5.41, 5.74) is 1.27. The fourth-order valence-electron chi connectivity index (χ4n) is 2.99. The second-order valence-electron chi connectivity index (χ2n) is 6.04. The molecule has 0 aliphatic heterocycles. The van der Waals surface area contributed by atoms with Crippen molar-refractivity contribution in [3.8, 4) is 0 Å². The van der Waals surface area contributed by atoms with Gasteiger partial charge in [0.15, 0.2) is 5.76 Å². The molecule has 4 rings (SSSR count). The molecule has 26 heavy (non-hydrogen) atoms. The molecule has 130 valence electrons. The van der Waals surface area contributed by atoms with Crippen LogP contribution in [0.3, 0.4) is 0 Å². The molecule has 5 nitrogen and oxygen atoms in total. The second-order valence-corrected chi connectivity index (χ2v) is 6.04. The van der Waals surface area contributed by atoms with Crippen molar-refractivity contribution >= 4 is 28.0 Å². The van der Waals surface area contributed by atoms with Gasteiger partial charge in [0, 0.05) is 19.2 Å². The Morgan fingerprint density at radius 2 is 1.69 bits per heavy atom. The van der Waals surface area contributed by atoms with Crippen LogP contribution in [0.2, 0.25) is 0 Å². The van der Waals surface area contributed by atoms with Crippen LogP contribution in [-0.2, 0) is 6.54 Å². The van der Waals surface area contributed by atoms with E-state index in [4.69, 9.17) is 8.83 Å². The van der Waals surface area contributed by atoms with Crippen LogP contribution < -0.4 is 5.43 Å². The van der Waals surface area contributed by atoms with Crippen molar-refractivity contribution in [3.05, 3.63) is 82.2 Å². The Kier molecular flexibility index (Phi) is 4.05. The smallest absolute Gasteiger partial charge is 0.302 e. The van der Waals surface area contributed by atoms with Crippen LogP contribution in [0.25, 0.3) is 22.1 Å². The maximum atomic E-state index is 12.8. The lowest BCUT2D eigenvalue weighted by Crippen LogP contribution is -2.29. The van der Waals surface area contributed by atoms with E-state index >= 15 is 0 Å². The standard InChI is InChI=1S/C21H17NO4/c1-2-22(13-14-8-4-3-5-9-14)20(24)18-12-16-19(23)15-10-6-7-11-17(15)25-21(16)26-18/h3-12H,2,13H2,1H3. The van der Waals surface area contributed by atoms with Crippen LogP contribution in [0.5, 0.6) is 0 Å². The summed E-state index contributed by atoms with van der Waals surface area (Å²) in [6.07, 6.45) is 0. The van der Waals surface area contributed by atoms with E-state index in [1.165, 1.54) is 6.07 Å². The van der Waals surface area contributed by atoms with Gasteiger partial charge in [0.25, 0.3) is 5.91 Å². The normalized spacial score (nSPS) is 11.1. The highest BCUT2D eigenvalue weighted by molar-refractivity contribution is 5.97. The molecule has 2 heterocycles. The van der Waals surface area contributed by atoms with Crippen molar-refractivity contribution in [1.82, 2.24) is 4.90 Å². The minimum atomic E-state index is -0.272. The van der Waals surface area contributed by atoms with Gasteiger partial charge in [-0.15, -0.1) is 0 Å². The Balaban J connectivity index is 1.73. The summed E-state index contributed by atoms with van der Waals surface area (Å²) in [5.74, 6) is -0.0899. The Labute approximate surface area is 149 Å². The number of nitrogens with zero attached hydrogens (tertiary/aromatic N) is 1. The quantitative estimate of drug-likeness (QED) is 0.555. The summed E-state index contributed by atoms with van der Waals surface area (Å²) >= 11 is 0. The molecule has 5 heteroatoms. The number of rotatable bonds is 4. The SMILES string of the molecule is CCN(Cc1ccccc1)C(=O)c1cc2c(=O)c3ccccc3oc2o1. The Morgan fingerprint density at radius 1 is 0.962 bits per heavy atom. The van der Waals surface area contributed by atoms with Crippen molar-refractivity contribution in [2.24, 2.45) is 0 Å². The molecule has 0 radical (unpaired) electrons. The van der Waals surface area contributed by atoms with E-state index in [2.05, 4.69) is 0 Å². The van der Waals surface area contributed by atoms with Gasteiger partial charge in [0.05, 0.1) is 5.39 Å². The van der Waals surface area contributed by atoms with Gasteiger partial charge in [-0.3, -0.25) is 9.59 Å². The molecule has 1 amide bonds. The maximum absolute atomic E-state index is 12.8. The van der Waals surface area contributed by atoms with Gasteiger partial charge in [0.2, 0.25) is 5.43 Å². The average molecular weight is 347 g/mol. The largest absolute Gasteiger partial charge is 0.425 e. The number of hydrogen-bond donors (Lipinski definition) is 0. The number of amides is 1. The first-order valence-electron chi connectivity index (χ1n) is 8.46. The zero-order valence-corrected chi connectivity index (χ0v) is 14.3. The van der Waals surface area contributed by atoms with Gasteiger partial charge in [-0.05, 0) is 24.6 Å². The molecule has 0 unspecified atom stereocenters. The monoisotopic (exact) mass is 347 g/mol. The van der Waals surface area contributed by atoms with Gasteiger partial charge >= 0.3 is 5.78 Å². The van der Waals surface area contributed by atoms with E-state index in [9.17, 15) is 9.59 Å². The van der Waals surface area contributed by atoms with Gasteiger partial charge in [-0.1, -0.05) is 42.5 Å². The number of benzene rings is 2. The average Bonchev–Trinajstić information content (AvgIpc) is 3.11. The number of carbonyl (C=O) groups is 1. The zero-order chi connectivity index (χ0) is 18.1. The highest BCUT2D eigenvalue weighted by Gasteiger charge is 2.21. The van der Waals surface area contributed by atoms with Crippen LogP contribution in [0, 0.1) is 0 Å². The highest BCUT2D eigenvalue weighted by atomic mass is 16.5. The zero-order valence-electron chi connectivity index (χ0n) is 14.3. The molecule has 2 aromatic heterocycles. The predicted molar refractivity (Wildman–Crippen MR) is 99.1 cm³/mol. The summed E-state index contributed by atoms with van der Waals surface area (Å²) in [6, 6.07) is 18.2. The molecule has 0 N–H and O–H groups in total. The molecule has 0 atom stereocenters. The third-order valence-electron chi connectivity index (χ3n) is 4.37. The lowest BCUT2D eigenvalue weighted by Gasteiger charge is -2.19. The Bertz CT molecular complexity index is 1140. The van der Waals surface area contributed by atoms with Crippen LogP contribution in [-0.4, -0.2) is 17.4 Å². The van der Waals surface area contributed by atoms with Gasteiger partial charge in [-0.25, -0.2) is 0 Å². The van der Waals surface area contributed by atoms with Crippen molar-refractivity contribution < 1.29 is 13.6 Å². The topological polar surface area (TPSA) is 63.7 Å². The molecular formula is C21H17NO4. The van der Waals surface area contributed by atoms with Crippen LogP contribution in [0.1, 0.15) is 23.0 Å². The molecule has 0 saturated heterocycles. The van der Waals surface area contributed by atoms with E-state index in [1.807, 2.05) is 37.3 Å². The van der Waals surface area contributed by atoms with Crippen LogP contribution in [0.4, 0.5) is 0 Å². The molecular weight excluding hydrogens is 330 g/mol. The Hall–Kier alpha value is -3.34. The number of carbonyl (C=O) groups excluding carboxylic acids is 1. The number of para-hydroxylation sites is 1. The van der Waals surface area contributed by atoms with Crippen LogP contribution >= 0.6 is 0 Å². The molecule has 0 fully saturated rings. The first-order valence-corrected chi connectivity index (χ1v) is 8.46. The van der Waals surface area contributed by atoms with Crippen molar-refractivity contribution in [1.29, 1.82) is 0 Å². The minimum absolute atomic E-state index is 0.0767. The van der Waals surface area contributed by atoms with Gasteiger partial charge in [-0.2, -0.15) is 0 Å². The van der Waals surface area contributed by atoms with E-state index in [0.29, 0.717) is 24.1 Å².